The van der Waals surface area contributed by atoms with Gasteiger partial charge in [0, 0.05) is 10.9 Å². The third-order valence-corrected chi connectivity index (χ3v) is 6.22. The molecule has 20 heavy (non-hydrogen) atoms. The molecule has 1 aromatic heterocycles. The summed E-state index contributed by atoms with van der Waals surface area (Å²) in [5.74, 6) is 1.76. The molecule has 1 aromatic rings. The van der Waals surface area contributed by atoms with E-state index in [0.717, 1.165) is 22.7 Å². The summed E-state index contributed by atoms with van der Waals surface area (Å²) in [7, 11) is 0. The summed E-state index contributed by atoms with van der Waals surface area (Å²) in [5.41, 5.74) is 0.486. The van der Waals surface area contributed by atoms with Crippen molar-refractivity contribution in [2.45, 2.75) is 59.4 Å². The number of hydrogen-bond acceptors (Lipinski definition) is 2. The van der Waals surface area contributed by atoms with Gasteiger partial charge < -0.3 is 5.32 Å². The fourth-order valence-corrected chi connectivity index (χ4v) is 4.33. The molecule has 2 rings (SSSR count). The molecule has 3 heteroatoms. The first-order valence-corrected chi connectivity index (χ1v) is 9.04. The summed E-state index contributed by atoms with van der Waals surface area (Å²) in [6, 6.07) is 4.56. The van der Waals surface area contributed by atoms with Gasteiger partial charge in [-0.3, -0.25) is 0 Å². The van der Waals surface area contributed by atoms with E-state index in [0.29, 0.717) is 11.5 Å². The van der Waals surface area contributed by atoms with Crippen LogP contribution >= 0.6 is 22.9 Å². The lowest BCUT2D eigenvalue weighted by atomic mass is 9.70. The van der Waals surface area contributed by atoms with E-state index in [9.17, 15) is 0 Å². The van der Waals surface area contributed by atoms with Crippen LogP contribution in [0.15, 0.2) is 12.1 Å². The van der Waals surface area contributed by atoms with Crippen LogP contribution in [0.2, 0.25) is 4.34 Å². The molecule has 1 unspecified atom stereocenters. The Morgan fingerprint density at radius 1 is 1.25 bits per heavy atom. The largest absolute Gasteiger partial charge is 0.309 e. The molecule has 0 amide bonds. The summed E-state index contributed by atoms with van der Waals surface area (Å²) < 4.78 is 0.888. The Morgan fingerprint density at radius 3 is 2.40 bits per heavy atom. The van der Waals surface area contributed by atoms with E-state index >= 15 is 0 Å². The molecule has 1 fully saturated rings. The predicted molar refractivity (Wildman–Crippen MR) is 90.6 cm³/mol. The number of hydrogen-bond donors (Lipinski definition) is 1. The molecule has 0 bridgehead atoms. The fraction of sp³-hybridized carbons (Fsp3) is 0.765. The molecule has 1 aliphatic rings. The highest BCUT2D eigenvalue weighted by molar-refractivity contribution is 7.16. The standard InChI is InChI=1S/C17H28ClNS/c1-12(15-9-10-16(18)20-15)19-11-13-5-7-14(8-6-13)17(2,3)4/h9-10,12-14,19H,5-8,11H2,1-4H3. The molecule has 114 valence electrons. The van der Waals surface area contributed by atoms with Gasteiger partial charge in [-0.1, -0.05) is 32.4 Å². The first kappa shape index (κ1) is 16.3. The maximum atomic E-state index is 6.00. The van der Waals surface area contributed by atoms with Gasteiger partial charge in [-0.2, -0.15) is 0 Å². The number of nitrogens with one attached hydrogen (secondary N) is 1. The lowest BCUT2D eigenvalue weighted by Gasteiger charge is -2.37. The zero-order valence-electron chi connectivity index (χ0n) is 13.2. The predicted octanol–water partition coefficient (Wildman–Crippen LogP) is 5.90. The lowest BCUT2D eigenvalue weighted by molar-refractivity contribution is 0.148. The lowest BCUT2D eigenvalue weighted by Crippen LogP contribution is -2.31. The average molecular weight is 314 g/mol. The Hall–Kier alpha value is -0.0500. The summed E-state index contributed by atoms with van der Waals surface area (Å²) in [6.07, 6.45) is 5.56. The van der Waals surface area contributed by atoms with Crippen molar-refractivity contribution in [3.63, 3.8) is 0 Å². The zero-order valence-corrected chi connectivity index (χ0v) is 14.8. The van der Waals surface area contributed by atoms with Crippen molar-refractivity contribution in [1.29, 1.82) is 0 Å². The Labute approximate surface area is 133 Å². The Kier molecular flexibility index (Phi) is 5.56. The highest BCUT2D eigenvalue weighted by Crippen LogP contribution is 2.39. The van der Waals surface area contributed by atoms with Gasteiger partial charge in [-0.05, 0) is 68.5 Å². The third-order valence-electron chi connectivity index (χ3n) is 4.80. The van der Waals surface area contributed by atoms with Crippen molar-refractivity contribution in [2.75, 3.05) is 6.54 Å². The van der Waals surface area contributed by atoms with Crippen LogP contribution in [0.3, 0.4) is 0 Å². The molecule has 0 spiro atoms. The van der Waals surface area contributed by atoms with Gasteiger partial charge in [-0.25, -0.2) is 0 Å². The topological polar surface area (TPSA) is 12.0 Å². The van der Waals surface area contributed by atoms with E-state index in [4.69, 9.17) is 11.6 Å². The smallest absolute Gasteiger partial charge is 0.0931 e. The third kappa shape index (κ3) is 4.47. The van der Waals surface area contributed by atoms with E-state index in [1.165, 1.54) is 30.6 Å². The molecule has 1 atom stereocenters. The molecule has 1 aliphatic carbocycles. The summed E-state index contributed by atoms with van der Waals surface area (Å²) in [5, 5.41) is 3.69. The van der Waals surface area contributed by atoms with Gasteiger partial charge in [0.25, 0.3) is 0 Å². The first-order chi connectivity index (χ1) is 9.36. The molecular formula is C17H28ClNS. The van der Waals surface area contributed by atoms with Crippen LogP contribution in [-0.2, 0) is 0 Å². The van der Waals surface area contributed by atoms with Crippen molar-refractivity contribution in [1.82, 2.24) is 5.32 Å². The molecule has 0 aromatic carbocycles. The Balaban J connectivity index is 1.73. The monoisotopic (exact) mass is 313 g/mol. The molecule has 1 saturated carbocycles. The van der Waals surface area contributed by atoms with Crippen molar-refractivity contribution in [3.05, 3.63) is 21.3 Å². The van der Waals surface area contributed by atoms with Crippen LogP contribution in [-0.4, -0.2) is 6.54 Å². The van der Waals surface area contributed by atoms with Crippen molar-refractivity contribution >= 4 is 22.9 Å². The minimum atomic E-state index is 0.424. The van der Waals surface area contributed by atoms with E-state index < -0.39 is 0 Å². The molecule has 1 nitrogen and oxygen atoms in total. The number of rotatable bonds is 4. The molecule has 0 radical (unpaired) electrons. The normalized spacial score (nSPS) is 25.6. The maximum Gasteiger partial charge on any atom is 0.0931 e. The highest BCUT2D eigenvalue weighted by Gasteiger charge is 2.29. The first-order valence-electron chi connectivity index (χ1n) is 7.85. The second kappa shape index (κ2) is 6.81. The Morgan fingerprint density at radius 2 is 1.90 bits per heavy atom. The molecule has 0 aliphatic heterocycles. The highest BCUT2D eigenvalue weighted by atomic mass is 35.5. The summed E-state index contributed by atoms with van der Waals surface area (Å²) in [4.78, 5) is 1.35. The van der Waals surface area contributed by atoms with E-state index in [1.54, 1.807) is 11.3 Å². The summed E-state index contributed by atoms with van der Waals surface area (Å²) >= 11 is 7.69. The van der Waals surface area contributed by atoms with E-state index in [-0.39, 0.29) is 0 Å². The number of thiophene rings is 1. The quantitative estimate of drug-likeness (QED) is 0.729. The van der Waals surface area contributed by atoms with Gasteiger partial charge in [0.2, 0.25) is 0 Å². The van der Waals surface area contributed by atoms with Crippen LogP contribution in [0, 0.1) is 17.3 Å². The summed E-state index contributed by atoms with van der Waals surface area (Å²) in [6.45, 7) is 10.5. The maximum absolute atomic E-state index is 6.00. The van der Waals surface area contributed by atoms with Crippen molar-refractivity contribution < 1.29 is 0 Å². The molecule has 0 saturated heterocycles. The molecular weight excluding hydrogens is 286 g/mol. The number of halogens is 1. The van der Waals surface area contributed by atoms with E-state index in [1.807, 2.05) is 6.07 Å². The SMILES string of the molecule is CC(NCC1CCC(C(C)(C)C)CC1)c1ccc(Cl)s1. The second-order valence-electron chi connectivity index (χ2n) is 7.36. The zero-order chi connectivity index (χ0) is 14.8. The van der Waals surface area contributed by atoms with Crippen LogP contribution in [0.25, 0.3) is 0 Å². The van der Waals surface area contributed by atoms with Gasteiger partial charge in [0.1, 0.15) is 0 Å². The fourth-order valence-electron chi connectivity index (χ4n) is 3.24. The van der Waals surface area contributed by atoms with Crippen LogP contribution in [0.5, 0.6) is 0 Å². The van der Waals surface area contributed by atoms with Crippen molar-refractivity contribution in [3.8, 4) is 0 Å². The molecule has 1 heterocycles. The average Bonchev–Trinajstić information content (AvgIpc) is 2.82. The Bertz CT molecular complexity index is 413. The minimum absolute atomic E-state index is 0.424. The van der Waals surface area contributed by atoms with Crippen LogP contribution in [0.4, 0.5) is 0 Å². The van der Waals surface area contributed by atoms with Crippen LogP contribution < -0.4 is 5.32 Å². The van der Waals surface area contributed by atoms with Gasteiger partial charge in [0.05, 0.1) is 4.34 Å². The van der Waals surface area contributed by atoms with E-state index in [2.05, 4.69) is 39.1 Å². The van der Waals surface area contributed by atoms with Gasteiger partial charge in [-0.15, -0.1) is 11.3 Å². The molecule has 1 N–H and O–H groups in total. The van der Waals surface area contributed by atoms with Crippen LogP contribution in [0.1, 0.15) is 64.3 Å². The second-order valence-corrected chi connectivity index (χ2v) is 9.10. The van der Waals surface area contributed by atoms with Gasteiger partial charge >= 0.3 is 0 Å². The minimum Gasteiger partial charge on any atom is -0.309 e. The van der Waals surface area contributed by atoms with Crippen molar-refractivity contribution in [2.24, 2.45) is 17.3 Å². The van der Waals surface area contributed by atoms with Gasteiger partial charge in [0.15, 0.2) is 0 Å².